The Morgan fingerprint density at radius 2 is 1.46 bits per heavy atom. The average molecular weight is 189 g/mol. The second kappa shape index (κ2) is 6.19. The van der Waals surface area contributed by atoms with E-state index in [1.54, 1.807) is 0 Å². The number of hydrogen-bond acceptors (Lipinski definition) is 3. The molecular formula is C8H15NO4. The standard InChI is InChI=1S/C4H12N.C4H4O4/c1-5(2,3)4;5-3(6)1-2-4(7)8/h1-4H3;1-2H,(H,5,6)(H,7,8)/q+1;/p-1/b;2-1-. The summed E-state index contributed by atoms with van der Waals surface area (Å²) in [6.45, 7) is 0. The van der Waals surface area contributed by atoms with E-state index in [9.17, 15) is 14.7 Å². The van der Waals surface area contributed by atoms with Crippen molar-refractivity contribution in [2.24, 2.45) is 0 Å². The molecule has 76 valence electrons. The maximum absolute atomic E-state index is 9.53. The summed E-state index contributed by atoms with van der Waals surface area (Å²) < 4.78 is 1.00. The lowest BCUT2D eigenvalue weighted by Gasteiger charge is -2.14. The highest BCUT2D eigenvalue weighted by Crippen LogP contribution is 1.73. The zero-order valence-corrected chi connectivity index (χ0v) is 8.27. The Morgan fingerprint density at radius 3 is 1.54 bits per heavy atom. The van der Waals surface area contributed by atoms with Gasteiger partial charge in [0.2, 0.25) is 0 Å². The molecule has 5 heteroatoms. The maximum Gasteiger partial charge on any atom is 0.328 e. The van der Waals surface area contributed by atoms with Crippen molar-refractivity contribution >= 4 is 11.9 Å². The molecule has 0 bridgehead atoms. The Hall–Kier alpha value is -1.36. The van der Waals surface area contributed by atoms with Crippen molar-refractivity contribution in [2.45, 2.75) is 0 Å². The van der Waals surface area contributed by atoms with E-state index in [4.69, 9.17) is 5.11 Å². The quantitative estimate of drug-likeness (QED) is 0.432. The summed E-state index contributed by atoms with van der Waals surface area (Å²) in [5.74, 6) is -2.80. The van der Waals surface area contributed by atoms with E-state index in [1.807, 2.05) is 0 Å². The zero-order chi connectivity index (χ0) is 11.1. The van der Waals surface area contributed by atoms with Crippen molar-refractivity contribution in [3.63, 3.8) is 0 Å². The Balaban J connectivity index is 0. The van der Waals surface area contributed by atoms with Crippen LogP contribution in [0.5, 0.6) is 0 Å². The number of quaternary nitrogens is 1. The molecule has 0 radical (unpaired) electrons. The molecule has 0 aromatic heterocycles. The molecule has 0 atom stereocenters. The number of nitrogens with zero attached hydrogens (tertiary/aromatic N) is 1. The fourth-order valence-corrected chi connectivity index (χ4v) is 0.139. The van der Waals surface area contributed by atoms with E-state index in [0.717, 1.165) is 4.48 Å². The van der Waals surface area contributed by atoms with Crippen LogP contribution in [0.4, 0.5) is 0 Å². The van der Waals surface area contributed by atoms with Crippen molar-refractivity contribution in [2.75, 3.05) is 28.2 Å². The van der Waals surface area contributed by atoms with E-state index in [-0.39, 0.29) is 0 Å². The first-order valence-corrected chi connectivity index (χ1v) is 3.54. The van der Waals surface area contributed by atoms with Crippen LogP contribution < -0.4 is 5.11 Å². The van der Waals surface area contributed by atoms with Gasteiger partial charge in [-0.15, -0.1) is 0 Å². The molecule has 1 N–H and O–H groups in total. The molecule has 0 fully saturated rings. The van der Waals surface area contributed by atoms with Gasteiger partial charge in [0.05, 0.1) is 34.2 Å². The highest BCUT2D eigenvalue weighted by molar-refractivity contribution is 5.88. The Labute approximate surface area is 77.5 Å². The summed E-state index contributed by atoms with van der Waals surface area (Å²) in [6.07, 6.45) is 0.942. The van der Waals surface area contributed by atoms with Crippen molar-refractivity contribution < 1.29 is 24.3 Å². The lowest BCUT2D eigenvalue weighted by atomic mass is 10.5. The van der Waals surface area contributed by atoms with Gasteiger partial charge in [-0.1, -0.05) is 0 Å². The summed E-state index contributed by atoms with van der Waals surface area (Å²) >= 11 is 0. The molecule has 0 spiro atoms. The van der Waals surface area contributed by atoms with Crippen molar-refractivity contribution in [1.82, 2.24) is 0 Å². The highest BCUT2D eigenvalue weighted by Gasteiger charge is 1.88. The monoisotopic (exact) mass is 189 g/mol. The first-order valence-electron chi connectivity index (χ1n) is 3.54. The van der Waals surface area contributed by atoms with Crippen LogP contribution in [0.1, 0.15) is 0 Å². The van der Waals surface area contributed by atoms with Gasteiger partial charge in [0.15, 0.2) is 0 Å². The third-order valence-corrected chi connectivity index (χ3v) is 0.362. The predicted molar refractivity (Wildman–Crippen MR) is 45.7 cm³/mol. The van der Waals surface area contributed by atoms with Gasteiger partial charge in [-0.25, -0.2) is 4.79 Å². The molecule has 0 aliphatic rings. The van der Waals surface area contributed by atoms with Crippen LogP contribution in [0.25, 0.3) is 0 Å². The third-order valence-electron chi connectivity index (χ3n) is 0.362. The minimum atomic E-state index is -1.51. The Morgan fingerprint density at radius 1 is 1.15 bits per heavy atom. The molecule has 0 rings (SSSR count). The molecule has 0 aliphatic heterocycles. The van der Waals surface area contributed by atoms with Crippen LogP contribution in [0, 0.1) is 0 Å². The van der Waals surface area contributed by atoms with Crippen LogP contribution in [0.15, 0.2) is 12.2 Å². The SMILES string of the molecule is C[N+](C)(C)C.O=C([O-])/C=C\C(=O)O. The summed E-state index contributed by atoms with van der Waals surface area (Å²) in [7, 11) is 8.50. The van der Waals surface area contributed by atoms with Gasteiger partial charge in [0.25, 0.3) is 0 Å². The molecule has 0 aliphatic carbocycles. The second-order valence-electron chi connectivity index (χ2n) is 3.67. The highest BCUT2D eigenvalue weighted by atomic mass is 16.4. The summed E-state index contributed by atoms with van der Waals surface area (Å²) in [6, 6.07) is 0. The van der Waals surface area contributed by atoms with Gasteiger partial charge in [-0.3, -0.25) is 0 Å². The van der Waals surface area contributed by atoms with Crippen LogP contribution in [0.2, 0.25) is 0 Å². The van der Waals surface area contributed by atoms with E-state index < -0.39 is 11.9 Å². The molecule has 0 heterocycles. The largest absolute Gasteiger partial charge is 0.545 e. The van der Waals surface area contributed by atoms with Crippen LogP contribution in [-0.4, -0.2) is 49.7 Å². The number of carboxylic acids is 2. The number of hydrogen-bond donors (Lipinski definition) is 1. The van der Waals surface area contributed by atoms with Gasteiger partial charge in [0.1, 0.15) is 0 Å². The van der Waals surface area contributed by atoms with Crippen molar-refractivity contribution in [3.8, 4) is 0 Å². The van der Waals surface area contributed by atoms with Gasteiger partial charge in [0, 0.05) is 6.08 Å². The van der Waals surface area contributed by atoms with Crippen LogP contribution >= 0.6 is 0 Å². The van der Waals surface area contributed by atoms with E-state index in [0.29, 0.717) is 12.2 Å². The smallest absolute Gasteiger partial charge is 0.328 e. The van der Waals surface area contributed by atoms with Gasteiger partial charge in [-0.2, -0.15) is 0 Å². The molecular weight excluding hydrogens is 174 g/mol. The third kappa shape index (κ3) is 59.9. The topological polar surface area (TPSA) is 77.4 Å². The maximum atomic E-state index is 9.53. The fourth-order valence-electron chi connectivity index (χ4n) is 0.139. The van der Waals surface area contributed by atoms with Gasteiger partial charge < -0.3 is 19.5 Å². The molecule has 0 aromatic carbocycles. The summed E-state index contributed by atoms with van der Waals surface area (Å²) in [4.78, 5) is 19.0. The Kier molecular flexibility index (Phi) is 6.75. The number of aliphatic carboxylic acids is 2. The molecule has 0 unspecified atom stereocenters. The summed E-state index contributed by atoms with van der Waals surface area (Å²) in [5.41, 5.74) is 0. The zero-order valence-electron chi connectivity index (χ0n) is 8.27. The molecule has 5 nitrogen and oxygen atoms in total. The van der Waals surface area contributed by atoms with Crippen molar-refractivity contribution in [1.29, 1.82) is 0 Å². The molecule has 0 aromatic rings. The van der Waals surface area contributed by atoms with Crippen LogP contribution in [0.3, 0.4) is 0 Å². The normalized spacial score (nSPS) is 10.5. The Bertz CT molecular complexity index is 181. The van der Waals surface area contributed by atoms with Gasteiger partial charge in [-0.05, 0) is 6.08 Å². The molecule has 0 saturated carbocycles. The van der Waals surface area contributed by atoms with Crippen molar-refractivity contribution in [3.05, 3.63) is 12.2 Å². The van der Waals surface area contributed by atoms with Crippen LogP contribution in [-0.2, 0) is 9.59 Å². The number of rotatable bonds is 2. The average Bonchev–Trinajstić information content (AvgIpc) is 1.79. The molecule has 0 saturated heterocycles. The summed E-state index contributed by atoms with van der Waals surface area (Å²) in [5, 5.41) is 17.2. The lowest BCUT2D eigenvalue weighted by Crippen LogP contribution is -2.27. The van der Waals surface area contributed by atoms with E-state index in [1.165, 1.54) is 0 Å². The number of carboxylic acid groups (broad SMARTS) is 2. The van der Waals surface area contributed by atoms with Gasteiger partial charge >= 0.3 is 5.97 Å². The first-order chi connectivity index (χ1) is 5.63. The lowest BCUT2D eigenvalue weighted by molar-refractivity contribution is -0.849. The molecule has 13 heavy (non-hydrogen) atoms. The van der Waals surface area contributed by atoms with E-state index >= 15 is 0 Å². The first kappa shape index (κ1) is 14.2. The predicted octanol–water partition coefficient (Wildman–Crippen LogP) is -1.30. The number of carbonyl (C=O) groups is 2. The minimum Gasteiger partial charge on any atom is -0.545 e. The number of carbonyl (C=O) groups excluding carboxylic acids is 1. The van der Waals surface area contributed by atoms with E-state index in [2.05, 4.69) is 28.2 Å². The second-order valence-corrected chi connectivity index (χ2v) is 3.67. The fraction of sp³-hybridized carbons (Fsp3) is 0.500. The molecule has 0 amide bonds. The minimum absolute atomic E-state index is 0.447.